The Labute approximate surface area is 200 Å². The zero-order chi connectivity index (χ0) is 24.4. The van der Waals surface area contributed by atoms with Gasteiger partial charge in [-0.05, 0) is 29.2 Å². The number of fused-ring (bicyclic) bond motifs is 3. The molecule has 0 radical (unpaired) electrons. The highest BCUT2D eigenvalue weighted by molar-refractivity contribution is 6.30. The number of nitrogens with one attached hydrogen (secondary N) is 1. The van der Waals surface area contributed by atoms with E-state index in [0.717, 1.165) is 28.3 Å². The standard InChI is InChI=1S/C24H22ClN3O6/c1-13-20(28(32)33)10-18(23(25)27-13)22(30)21(29)11-26-24(31)34-12-19-16-8-4-2-6-14(16)15-7-3-5-9-17(15)19/h2-10,19,21-22,29-30H,11-12H2,1H3,(H,26,31). The van der Waals surface area contributed by atoms with Gasteiger partial charge < -0.3 is 20.3 Å². The van der Waals surface area contributed by atoms with Gasteiger partial charge in [0.25, 0.3) is 5.69 Å². The Morgan fingerprint density at radius 2 is 1.76 bits per heavy atom. The monoisotopic (exact) mass is 483 g/mol. The molecule has 1 aromatic heterocycles. The highest BCUT2D eigenvalue weighted by Gasteiger charge is 2.30. The van der Waals surface area contributed by atoms with E-state index in [0.29, 0.717) is 0 Å². The van der Waals surface area contributed by atoms with E-state index in [-0.39, 0.29) is 41.2 Å². The van der Waals surface area contributed by atoms with Crippen LogP contribution in [0.5, 0.6) is 0 Å². The van der Waals surface area contributed by atoms with Gasteiger partial charge in [-0.1, -0.05) is 60.1 Å². The fraction of sp³-hybridized carbons (Fsp3) is 0.250. The molecular formula is C24H22ClN3O6. The summed E-state index contributed by atoms with van der Waals surface area (Å²) >= 11 is 6.00. The Balaban J connectivity index is 1.37. The van der Waals surface area contributed by atoms with Crippen molar-refractivity contribution in [2.45, 2.75) is 25.0 Å². The third-order valence-electron chi connectivity index (χ3n) is 5.85. The minimum Gasteiger partial charge on any atom is -0.449 e. The van der Waals surface area contributed by atoms with Gasteiger partial charge in [0, 0.05) is 24.1 Å². The molecule has 1 amide bonds. The molecule has 0 spiro atoms. The topological polar surface area (TPSA) is 135 Å². The van der Waals surface area contributed by atoms with Crippen LogP contribution in [0.15, 0.2) is 54.6 Å². The zero-order valence-electron chi connectivity index (χ0n) is 18.1. The Kier molecular flexibility index (Phi) is 6.78. The molecule has 9 nitrogen and oxygen atoms in total. The minimum atomic E-state index is -1.60. The number of aliphatic hydroxyl groups excluding tert-OH is 2. The highest BCUT2D eigenvalue weighted by Crippen LogP contribution is 2.44. The number of halogens is 1. The summed E-state index contributed by atoms with van der Waals surface area (Å²) in [5, 5.41) is 34.1. The van der Waals surface area contributed by atoms with Crippen LogP contribution in [0.4, 0.5) is 10.5 Å². The van der Waals surface area contributed by atoms with E-state index in [9.17, 15) is 25.1 Å². The molecule has 1 aliphatic rings. The second-order valence-corrected chi connectivity index (χ2v) is 8.31. The van der Waals surface area contributed by atoms with Crippen LogP contribution in [0.2, 0.25) is 5.15 Å². The molecule has 0 aliphatic heterocycles. The van der Waals surface area contributed by atoms with Crippen molar-refractivity contribution in [3.8, 4) is 11.1 Å². The number of alkyl carbamates (subject to hydrolysis) is 1. The summed E-state index contributed by atoms with van der Waals surface area (Å²) in [4.78, 5) is 26.6. The number of carbonyl (C=O) groups excluding carboxylic acids is 1. The lowest BCUT2D eigenvalue weighted by molar-refractivity contribution is -0.385. The number of rotatable bonds is 7. The van der Waals surface area contributed by atoms with E-state index in [1.54, 1.807) is 0 Å². The van der Waals surface area contributed by atoms with E-state index in [2.05, 4.69) is 10.3 Å². The first-order chi connectivity index (χ1) is 16.3. The molecule has 34 heavy (non-hydrogen) atoms. The molecule has 2 aromatic carbocycles. The lowest BCUT2D eigenvalue weighted by Gasteiger charge is -2.20. The summed E-state index contributed by atoms with van der Waals surface area (Å²) in [6, 6.07) is 16.9. The quantitative estimate of drug-likeness (QED) is 0.263. The number of carbonyl (C=O) groups is 1. The van der Waals surface area contributed by atoms with Gasteiger partial charge >= 0.3 is 6.09 Å². The third kappa shape index (κ3) is 4.58. The number of benzene rings is 2. The number of hydrogen-bond acceptors (Lipinski definition) is 7. The summed E-state index contributed by atoms with van der Waals surface area (Å²) in [5.41, 5.74) is 3.96. The van der Waals surface area contributed by atoms with Gasteiger partial charge in [0.2, 0.25) is 0 Å². The number of hydrogen-bond donors (Lipinski definition) is 3. The van der Waals surface area contributed by atoms with Gasteiger partial charge in [-0.2, -0.15) is 0 Å². The second kappa shape index (κ2) is 9.76. The van der Waals surface area contributed by atoms with Crippen LogP contribution < -0.4 is 5.32 Å². The van der Waals surface area contributed by atoms with Crippen molar-refractivity contribution in [3.63, 3.8) is 0 Å². The second-order valence-electron chi connectivity index (χ2n) is 7.95. The van der Waals surface area contributed by atoms with Crippen LogP contribution >= 0.6 is 11.6 Å². The molecule has 4 rings (SSSR count). The van der Waals surface area contributed by atoms with Crippen molar-refractivity contribution >= 4 is 23.4 Å². The Morgan fingerprint density at radius 3 is 2.35 bits per heavy atom. The number of aromatic nitrogens is 1. The van der Waals surface area contributed by atoms with Crippen molar-refractivity contribution < 1.29 is 24.7 Å². The van der Waals surface area contributed by atoms with Crippen molar-refractivity contribution in [2.24, 2.45) is 0 Å². The normalized spacial score (nSPS) is 14.1. The maximum absolute atomic E-state index is 12.3. The first-order valence-electron chi connectivity index (χ1n) is 10.5. The van der Waals surface area contributed by atoms with Crippen LogP contribution in [-0.2, 0) is 4.74 Å². The molecular weight excluding hydrogens is 462 g/mol. The van der Waals surface area contributed by atoms with Crippen LogP contribution in [0.3, 0.4) is 0 Å². The van der Waals surface area contributed by atoms with Crippen LogP contribution in [-0.4, -0.2) is 45.5 Å². The molecule has 176 valence electrons. The lowest BCUT2D eigenvalue weighted by atomic mass is 9.98. The Bertz CT molecular complexity index is 1210. The van der Waals surface area contributed by atoms with Gasteiger partial charge in [-0.15, -0.1) is 0 Å². The number of aryl methyl sites for hydroxylation is 1. The zero-order valence-corrected chi connectivity index (χ0v) is 18.9. The summed E-state index contributed by atoms with van der Waals surface area (Å²) in [6.07, 6.45) is -3.87. The van der Waals surface area contributed by atoms with E-state index in [1.807, 2.05) is 48.5 Å². The first-order valence-corrected chi connectivity index (χ1v) is 10.9. The number of amides is 1. The van der Waals surface area contributed by atoms with E-state index in [4.69, 9.17) is 16.3 Å². The van der Waals surface area contributed by atoms with Gasteiger partial charge in [0.05, 0.1) is 4.92 Å². The van der Waals surface area contributed by atoms with Crippen molar-refractivity contribution in [2.75, 3.05) is 13.2 Å². The van der Waals surface area contributed by atoms with Crippen molar-refractivity contribution in [3.05, 3.63) is 92.2 Å². The first kappa shape index (κ1) is 23.6. The average Bonchev–Trinajstić information content (AvgIpc) is 3.14. The van der Waals surface area contributed by atoms with Crippen LogP contribution in [0.25, 0.3) is 11.1 Å². The molecule has 0 saturated heterocycles. The van der Waals surface area contributed by atoms with Crippen molar-refractivity contribution in [1.82, 2.24) is 10.3 Å². The number of nitrogens with zero attached hydrogens (tertiary/aromatic N) is 2. The SMILES string of the molecule is Cc1nc(Cl)c(C(O)C(O)CNC(=O)OCC2c3ccccc3-c3ccccc32)cc1[N+](=O)[O-]. The molecule has 3 N–H and O–H groups in total. The van der Waals surface area contributed by atoms with Gasteiger partial charge in [0.1, 0.15) is 29.7 Å². The van der Waals surface area contributed by atoms with Crippen LogP contribution in [0, 0.1) is 17.0 Å². The Morgan fingerprint density at radius 1 is 1.18 bits per heavy atom. The molecule has 2 atom stereocenters. The van der Waals surface area contributed by atoms with Crippen molar-refractivity contribution in [1.29, 1.82) is 0 Å². The van der Waals surface area contributed by atoms with E-state index >= 15 is 0 Å². The fourth-order valence-electron chi connectivity index (χ4n) is 4.13. The van der Waals surface area contributed by atoms with Gasteiger partial charge in [-0.3, -0.25) is 10.1 Å². The molecule has 0 bridgehead atoms. The van der Waals surface area contributed by atoms with Crippen LogP contribution in [0.1, 0.15) is 34.4 Å². The fourth-order valence-corrected chi connectivity index (χ4v) is 4.42. The molecule has 0 fully saturated rings. The highest BCUT2D eigenvalue weighted by atomic mass is 35.5. The summed E-state index contributed by atoms with van der Waals surface area (Å²) in [7, 11) is 0. The molecule has 10 heteroatoms. The molecule has 2 unspecified atom stereocenters. The summed E-state index contributed by atoms with van der Waals surface area (Å²) in [6.45, 7) is 1.14. The minimum absolute atomic E-state index is 0.0807. The van der Waals surface area contributed by atoms with E-state index in [1.165, 1.54) is 6.92 Å². The third-order valence-corrected chi connectivity index (χ3v) is 6.15. The maximum Gasteiger partial charge on any atom is 0.407 e. The van der Waals surface area contributed by atoms with E-state index < -0.39 is 23.2 Å². The average molecular weight is 484 g/mol. The smallest absolute Gasteiger partial charge is 0.407 e. The van der Waals surface area contributed by atoms with Gasteiger partial charge in [-0.25, -0.2) is 9.78 Å². The predicted octanol–water partition coefficient (Wildman–Crippen LogP) is 3.88. The predicted molar refractivity (Wildman–Crippen MR) is 125 cm³/mol. The largest absolute Gasteiger partial charge is 0.449 e. The molecule has 1 aliphatic carbocycles. The lowest BCUT2D eigenvalue weighted by Crippen LogP contribution is -2.36. The maximum atomic E-state index is 12.3. The summed E-state index contributed by atoms with van der Waals surface area (Å²) < 4.78 is 5.40. The number of pyridine rings is 1. The number of aliphatic hydroxyl groups is 2. The molecule has 3 aromatic rings. The van der Waals surface area contributed by atoms with Gasteiger partial charge in [0.15, 0.2) is 0 Å². The molecule has 0 saturated carbocycles. The number of nitro groups is 1. The summed E-state index contributed by atoms with van der Waals surface area (Å²) in [5.74, 6) is -0.119. The Hall–Kier alpha value is -3.53. The molecule has 1 heterocycles. The number of ether oxygens (including phenoxy) is 1.